The van der Waals surface area contributed by atoms with Crippen LogP contribution in [0.4, 0.5) is 11.5 Å². The quantitative estimate of drug-likeness (QED) is 0.844. The van der Waals surface area contributed by atoms with Crippen LogP contribution in [0.15, 0.2) is 12.1 Å². The van der Waals surface area contributed by atoms with E-state index in [9.17, 15) is 0 Å². The maximum Gasteiger partial charge on any atom is 0.239 e. The van der Waals surface area contributed by atoms with Gasteiger partial charge in [-0.1, -0.05) is 12.8 Å². The fourth-order valence-electron chi connectivity index (χ4n) is 2.57. The van der Waals surface area contributed by atoms with Gasteiger partial charge in [-0.2, -0.15) is 4.98 Å². The molecule has 0 spiro atoms. The summed E-state index contributed by atoms with van der Waals surface area (Å²) in [5.41, 5.74) is 6.46. The summed E-state index contributed by atoms with van der Waals surface area (Å²) in [5.74, 6) is 1.35. The van der Waals surface area contributed by atoms with E-state index in [0.29, 0.717) is 11.6 Å². The Kier molecular flexibility index (Phi) is 6.11. The fraction of sp³-hybridized carbons (Fsp3) is 0.688. The molecule has 0 saturated carbocycles. The van der Waals surface area contributed by atoms with Crippen LogP contribution >= 0.6 is 0 Å². The van der Waals surface area contributed by atoms with Crippen molar-refractivity contribution in [2.75, 3.05) is 37.2 Å². The van der Waals surface area contributed by atoms with Gasteiger partial charge in [0.1, 0.15) is 5.82 Å². The summed E-state index contributed by atoms with van der Waals surface area (Å²) in [4.78, 5) is 6.97. The highest BCUT2D eigenvalue weighted by molar-refractivity contribution is 5.53. The molecular weight excluding hydrogens is 264 g/mol. The minimum absolute atomic E-state index is 0.0761. The number of nitrogens with two attached hydrogens (primary N) is 1. The van der Waals surface area contributed by atoms with Gasteiger partial charge in [0, 0.05) is 13.1 Å². The highest BCUT2D eigenvalue weighted by Gasteiger charge is 2.09. The number of rotatable bonds is 6. The average Bonchev–Trinajstić information content (AvgIpc) is 2.70. The van der Waals surface area contributed by atoms with Crippen molar-refractivity contribution in [2.24, 2.45) is 0 Å². The minimum atomic E-state index is 0.0761. The second-order valence-corrected chi connectivity index (χ2v) is 5.94. The third-order valence-electron chi connectivity index (χ3n) is 3.67. The zero-order valence-electron chi connectivity index (χ0n) is 13.3. The Bertz CT molecular complexity index is 428. The molecule has 0 amide bonds. The van der Waals surface area contributed by atoms with Gasteiger partial charge < -0.3 is 20.7 Å². The van der Waals surface area contributed by atoms with Crippen molar-refractivity contribution >= 4 is 11.5 Å². The number of nitrogens with zero attached hydrogens (tertiary/aromatic N) is 2. The summed E-state index contributed by atoms with van der Waals surface area (Å²) < 4.78 is 5.61. The average molecular weight is 292 g/mol. The van der Waals surface area contributed by atoms with Gasteiger partial charge in [0.05, 0.1) is 11.8 Å². The molecule has 0 atom stereocenters. The van der Waals surface area contributed by atoms with Crippen LogP contribution in [0.25, 0.3) is 0 Å². The Morgan fingerprint density at radius 2 is 1.95 bits per heavy atom. The molecule has 5 heteroatoms. The van der Waals surface area contributed by atoms with Crippen LogP contribution in [0.5, 0.6) is 5.88 Å². The Morgan fingerprint density at radius 1 is 1.24 bits per heavy atom. The molecule has 0 unspecified atom stereocenters. The molecule has 3 N–H and O–H groups in total. The molecule has 5 nitrogen and oxygen atoms in total. The first-order valence-electron chi connectivity index (χ1n) is 8.04. The van der Waals surface area contributed by atoms with E-state index in [-0.39, 0.29) is 6.10 Å². The van der Waals surface area contributed by atoms with E-state index in [4.69, 9.17) is 10.5 Å². The zero-order valence-corrected chi connectivity index (χ0v) is 13.3. The normalized spacial score (nSPS) is 16.7. The maximum absolute atomic E-state index is 5.88. The van der Waals surface area contributed by atoms with Crippen molar-refractivity contribution < 1.29 is 4.74 Å². The van der Waals surface area contributed by atoms with Gasteiger partial charge in [0.25, 0.3) is 0 Å². The largest absolute Gasteiger partial charge is 0.473 e. The number of aromatic nitrogens is 1. The Morgan fingerprint density at radius 3 is 2.62 bits per heavy atom. The first-order valence-corrected chi connectivity index (χ1v) is 8.04. The van der Waals surface area contributed by atoms with Gasteiger partial charge >= 0.3 is 0 Å². The van der Waals surface area contributed by atoms with Crippen molar-refractivity contribution in [2.45, 2.75) is 45.6 Å². The van der Waals surface area contributed by atoms with Crippen LogP contribution in [0.2, 0.25) is 0 Å². The van der Waals surface area contributed by atoms with E-state index in [1.54, 1.807) is 0 Å². The van der Waals surface area contributed by atoms with E-state index >= 15 is 0 Å². The Hall–Kier alpha value is -1.49. The van der Waals surface area contributed by atoms with Crippen LogP contribution in [-0.2, 0) is 0 Å². The van der Waals surface area contributed by atoms with Gasteiger partial charge in [-0.15, -0.1) is 0 Å². The van der Waals surface area contributed by atoms with Gasteiger partial charge in [-0.25, -0.2) is 0 Å². The minimum Gasteiger partial charge on any atom is -0.473 e. The lowest BCUT2D eigenvalue weighted by molar-refractivity contribution is 0.234. The molecular formula is C16H28N4O. The highest BCUT2D eigenvalue weighted by atomic mass is 16.5. The number of pyridine rings is 1. The van der Waals surface area contributed by atoms with Gasteiger partial charge in [0.15, 0.2) is 0 Å². The zero-order chi connectivity index (χ0) is 15.1. The summed E-state index contributed by atoms with van der Waals surface area (Å²) in [6.07, 6.45) is 5.48. The molecule has 118 valence electrons. The lowest BCUT2D eigenvalue weighted by Gasteiger charge is -2.20. The van der Waals surface area contributed by atoms with E-state index in [1.165, 1.54) is 38.8 Å². The monoisotopic (exact) mass is 292 g/mol. The van der Waals surface area contributed by atoms with Crippen molar-refractivity contribution in [1.82, 2.24) is 9.88 Å². The third-order valence-corrected chi connectivity index (χ3v) is 3.67. The van der Waals surface area contributed by atoms with E-state index in [1.807, 2.05) is 26.0 Å². The second kappa shape index (κ2) is 8.08. The van der Waals surface area contributed by atoms with Crippen LogP contribution < -0.4 is 15.8 Å². The fourth-order valence-corrected chi connectivity index (χ4v) is 2.57. The predicted octanol–water partition coefficient (Wildman–Crippen LogP) is 2.74. The summed E-state index contributed by atoms with van der Waals surface area (Å²) in [7, 11) is 0. The summed E-state index contributed by atoms with van der Waals surface area (Å²) in [6, 6.07) is 3.75. The Balaban J connectivity index is 1.82. The smallest absolute Gasteiger partial charge is 0.239 e. The molecule has 1 aliphatic rings. The number of nitrogen functional groups attached to an aromatic ring is 1. The molecule has 21 heavy (non-hydrogen) atoms. The molecule has 2 rings (SSSR count). The van der Waals surface area contributed by atoms with Crippen molar-refractivity contribution in [1.29, 1.82) is 0 Å². The van der Waals surface area contributed by atoms with E-state index in [2.05, 4.69) is 15.2 Å². The van der Waals surface area contributed by atoms with Crippen molar-refractivity contribution in [3.05, 3.63) is 12.1 Å². The number of likely N-dealkylation sites (tertiary alicyclic amines) is 1. The summed E-state index contributed by atoms with van der Waals surface area (Å²) in [6.45, 7) is 8.35. The van der Waals surface area contributed by atoms with E-state index in [0.717, 1.165) is 18.9 Å². The molecule has 0 bridgehead atoms. The molecule has 0 aromatic carbocycles. The van der Waals surface area contributed by atoms with Crippen molar-refractivity contribution in [3.8, 4) is 5.88 Å². The van der Waals surface area contributed by atoms with Gasteiger partial charge in [-0.3, -0.25) is 0 Å². The van der Waals surface area contributed by atoms with Crippen LogP contribution in [0.1, 0.15) is 39.5 Å². The second-order valence-electron chi connectivity index (χ2n) is 5.94. The summed E-state index contributed by atoms with van der Waals surface area (Å²) in [5, 5.41) is 3.36. The molecule has 1 saturated heterocycles. The molecule has 1 fully saturated rings. The van der Waals surface area contributed by atoms with Crippen LogP contribution in [0.3, 0.4) is 0 Å². The molecule has 2 heterocycles. The van der Waals surface area contributed by atoms with Crippen LogP contribution in [0, 0.1) is 0 Å². The van der Waals surface area contributed by atoms with Crippen molar-refractivity contribution in [3.63, 3.8) is 0 Å². The number of hydrogen-bond acceptors (Lipinski definition) is 5. The highest BCUT2D eigenvalue weighted by Crippen LogP contribution is 2.21. The number of anilines is 2. The molecule has 0 radical (unpaired) electrons. The maximum atomic E-state index is 5.88. The summed E-state index contributed by atoms with van der Waals surface area (Å²) >= 11 is 0. The lowest BCUT2D eigenvalue weighted by atomic mass is 10.2. The van der Waals surface area contributed by atoms with Crippen LogP contribution in [-0.4, -0.2) is 42.2 Å². The molecule has 1 aromatic heterocycles. The number of nitrogens with one attached hydrogen (secondary N) is 1. The first kappa shape index (κ1) is 15.9. The number of ether oxygens (including phenoxy) is 1. The topological polar surface area (TPSA) is 63.4 Å². The molecule has 1 aromatic rings. The Labute approximate surface area is 127 Å². The molecule has 0 aliphatic carbocycles. The lowest BCUT2D eigenvalue weighted by Crippen LogP contribution is -2.30. The van der Waals surface area contributed by atoms with Gasteiger partial charge in [-0.05, 0) is 51.9 Å². The third kappa shape index (κ3) is 5.42. The number of hydrogen-bond donors (Lipinski definition) is 2. The SMILES string of the molecule is CC(C)Oc1nc(NCCN2CCCCCC2)ccc1N. The molecule has 1 aliphatic heterocycles. The standard InChI is InChI=1S/C16H28N4O/c1-13(2)21-16-14(17)7-8-15(19-16)18-9-12-20-10-5-3-4-6-11-20/h7-8,13H,3-6,9-12,17H2,1-2H3,(H,18,19). The predicted molar refractivity (Wildman–Crippen MR) is 87.8 cm³/mol. The van der Waals surface area contributed by atoms with E-state index < -0.39 is 0 Å². The van der Waals surface area contributed by atoms with Gasteiger partial charge in [0.2, 0.25) is 5.88 Å². The first-order chi connectivity index (χ1) is 10.1.